The van der Waals surface area contributed by atoms with Crippen molar-refractivity contribution in [3.63, 3.8) is 0 Å². The average molecular weight is 695 g/mol. The van der Waals surface area contributed by atoms with Crippen LogP contribution in [-0.2, 0) is 34.3 Å². The number of Topliss-reactive ketones (excluding diaryl/α,β-unsaturated/α-hetero) is 2. The summed E-state index contributed by atoms with van der Waals surface area (Å²) >= 11 is 0. The number of ether oxygens (including phenoxy) is 1. The lowest BCUT2D eigenvalue weighted by molar-refractivity contribution is -0.157. The minimum Gasteiger partial charge on any atom is -0.453 e. The molecule has 0 radical (unpaired) electrons. The maximum Gasteiger partial charge on any atom is 0.326 e. The Bertz CT molecular complexity index is 1470. The minimum atomic E-state index is -1.10. The number of nitrogens with one attached hydrogen (secondary N) is 4. The van der Waals surface area contributed by atoms with Crippen molar-refractivity contribution in [1.82, 2.24) is 21.3 Å². The van der Waals surface area contributed by atoms with Gasteiger partial charge >= 0.3 is 12.0 Å². The number of urea groups is 1. The number of hydrogen-bond acceptors (Lipinski definition) is 7. The van der Waals surface area contributed by atoms with E-state index >= 15 is 0 Å². The van der Waals surface area contributed by atoms with Crippen molar-refractivity contribution in [2.75, 3.05) is 6.54 Å². The van der Waals surface area contributed by atoms with Crippen molar-refractivity contribution < 1.29 is 33.5 Å². The molecule has 4 amide bonds. The molecule has 0 spiro atoms. The SMILES string of the molecule is CC(C)(C)NC(=O)N[C@H](C(=O)C1CC2C([C@H]1C(=O)NC(CC1CCC1)C(=O)C(=O)NCC(=O)OC(C)(C)c1ccccc1)C2(C)C)C(C)(C)C. The predicted molar refractivity (Wildman–Crippen MR) is 189 cm³/mol. The Kier molecular flexibility index (Phi) is 11.3. The fourth-order valence-corrected chi connectivity index (χ4v) is 7.87. The smallest absolute Gasteiger partial charge is 0.326 e. The van der Waals surface area contributed by atoms with E-state index < -0.39 is 76.6 Å². The molecule has 0 aromatic heterocycles. The summed E-state index contributed by atoms with van der Waals surface area (Å²) in [5, 5.41) is 11.0. The topological polar surface area (TPSA) is 160 Å². The molecule has 3 aliphatic rings. The second-order valence-electron chi connectivity index (χ2n) is 17.9. The third kappa shape index (κ3) is 9.12. The van der Waals surface area contributed by atoms with Crippen molar-refractivity contribution in [2.45, 2.75) is 125 Å². The van der Waals surface area contributed by atoms with Crippen LogP contribution in [0.1, 0.15) is 107 Å². The number of rotatable bonds is 13. The van der Waals surface area contributed by atoms with E-state index in [1.54, 1.807) is 13.8 Å². The van der Waals surface area contributed by atoms with Crippen LogP contribution in [0.25, 0.3) is 0 Å². The van der Waals surface area contributed by atoms with Gasteiger partial charge in [0, 0.05) is 11.5 Å². The third-order valence-corrected chi connectivity index (χ3v) is 10.9. The molecule has 4 N–H and O–H groups in total. The zero-order valence-electron chi connectivity index (χ0n) is 31.5. The summed E-state index contributed by atoms with van der Waals surface area (Å²) in [6, 6.07) is 6.78. The Hall–Kier alpha value is -3.76. The van der Waals surface area contributed by atoms with Crippen LogP contribution in [0.4, 0.5) is 4.79 Å². The Morgan fingerprint density at radius 3 is 2.06 bits per heavy atom. The van der Waals surface area contributed by atoms with E-state index in [0.29, 0.717) is 12.8 Å². The first-order chi connectivity index (χ1) is 23.0. The molecule has 50 heavy (non-hydrogen) atoms. The van der Waals surface area contributed by atoms with E-state index in [-0.39, 0.29) is 29.0 Å². The molecular formula is C39H58N4O7. The zero-order chi connectivity index (χ0) is 37.4. The van der Waals surface area contributed by atoms with Crippen molar-refractivity contribution in [1.29, 1.82) is 0 Å². The van der Waals surface area contributed by atoms with E-state index in [2.05, 4.69) is 35.1 Å². The first kappa shape index (κ1) is 39.0. The number of carbonyl (C=O) groups is 6. The van der Waals surface area contributed by atoms with Crippen LogP contribution in [-0.4, -0.2) is 59.5 Å². The second-order valence-corrected chi connectivity index (χ2v) is 17.9. The molecule has 6 atom stereocenters. The van der Waals surface area contributed by atoms with Crippen LogP contribution in [0.2, 0.25) is 0 Å². The Labute approximate surface area is 297 Å². The van der Waals surface area contributed by atoms with Crippen LogP contribution in [0, 0.1) is 40.4 Å². The molecule has 1 aromatic rings. The molecule has 11 heteroatoms. The molecule has 1 aromatic carbocycles. The molecule has 3 aliphatic carbocycles. The fraction of sp³-hybridized carbons (Fsp3) is 0.692. The van der Waals surface area contributed by atoms with Gasteiger partial charge in [0.05, 0.1) is 18.0 Å². The Morgan fingerprint density at radius 1 is 0.900 bits per heavy atom. The maximum atomic E-state index is 14.3. The summed E-state index contributed by atoms with van der Waals surface area (Å²) in [6.45, 7) is 18.4. The number of amides is 4. The van der Waals surface area contributed by atoms with Crippen molar-refractivity contribution >= 4 is 35.4 Å². The quantitative estimate of drug-likeness (QED) is 0.170. The van der Waals surface area contributed by atoms with Crippen LogP contribution in [0.15, 0.2) is 30.3 Å². The van der Waals surface area contributed by atoms with Gasteiger partial charge in [-0.05, 0) is 81.6 Å². The van der Waals surface area contributed by atoms with E-state index in [4.69, 9.17) is 4.74 Å². The van der Waals surface area contributed by atoms with Gasteiger partial charge in [0.2, 0.25) is 11.7 Å². The van der Waals surface area contributed by atoms with Gasteiger partial charge in [0.15, 0.2) is 5.78 Å². The first-order valence-electron chi connectivity index (χ1n) is 18.0. The van der Waals surface area contributed by atoms with Gasteiger partial charge in [-0.25, -0.2) is 4.79 Å². The van der Waals surface area contributed by atoms with Gasteiger partial charge in [-0.15, -0.1) is 0 Å². The van der Waals surface area contributed by atoms with Crippen LogP contribution in [0.5, 0.6) is 0 Å². The first-order valence-corrected chi connectivity index (χ1v) is 18.0. The lowest BCUT2D eigenvalue weighted by atomic mass is 9.73. The number of fused-ring (bicyclic) bond motifs is 1. The molecule has 11 nitrogen and oxygen atoms in total. The normalized spacial score (nSPS) is 24.0. The zero-order valence-corrected chi connectivity index (χ0v) is 31.5. The number of ketones is 2. The van der Waals surface area contributed by atoms with Crippen molar-refractivity contribution in [2.24, 2.45) is 40.4 Å². The monoisotopic (exact) mass is 694 g/mol. The fourth-order valence-electron chi connectivity index (χ4n) is 7.87. The van der Waals surface area contributed by atoms with E-state index in [9.17, 15) is 28.8 Å². The summed E-state index contributed by atoms with van der Waals surface area (Å²) in [7, 11) is 0. The van der Waals surface area contributed by atoms with Gasteiger partial charge in [-0.2, -0.15) is 0 Å². The summed E-state index contributed by atoms with van der Waals surface area (Å²) < 4.78 is 5.60. The predicted octanol–water partition coefficient (Wildman–Crippen LogP) is 4.82. The van der Waals surface area contributed by atoms with Gasteiger partial charge < -0.3 is 26.0 Å². The highest BCUT2D eigenvalue weighted by Gasteiger charge is 2.70. The molecule has 0 saturated heterocycles. The molecule has 4 rings (SSSR count). The number of hydrogen-bond donors (Lipinski definition) is 4. The van der Waals surface area contributed by atoms with Gasteiger partial charge in [0.1, 0.15) is 12.1 Å². The molecule has 3 fully saturated rings. The lowest BCUT2D eigenvalue weighted by Gasteiger charge is -2.36. The van der Waals surface area contributed by atoms with Crippen molar-refractivity contribution in [3.05, 3.63) is 35.9 Å². The van der Waals surface area contributed by atoms with Gasteiger partial charge in [0.25, 0.3) is 5.91 Å². The molecule has 276 valence electrons. The number of carbonyl (C=O) groups excluding carboxylic acids is 6. The van der Waals surface area contributed by atoms with Crippen molar-refractivity contribution in [3.8, 4) is 0 Å². The highest BCUT2D eigenvalue weighted by atomic mass is 16.6. The van der Waals surface area contributed by atoms with E-state index in [0.717, 1.165) is 24.8 Å². The number of benzene rings is 1. The number of esters is 1. The second kappa shape index (κ2) is 14.5. The molecule has 0 heterocycles. The molecule has 0 aliphatic heterocycles. The highest BCUT2D eigenvalue weighted by Crippen LogP contribution is 2.71. The summed E-state index contributed by atoms with van der Waals surface area (Å²) in [5.41, 5.74) is -1.47. The molecular weight excluding hydrogens is 636 g/mol. The standard InChI is InChI=1S/C39H58N4O7/c1-36(2,3)32(42-35(49)43-37(4,5)6)30(45)24-20-25-29(38(25,7)8)28(24)33(47)41-26(19-22-15-14-16-22)31(46)34(48)40-21-27(44)50-39(9,10)23-17-12-11-13-18-23/h11-13,17-18,22,24-26,28-29,32H,14-16,19-21H2,1-10H3,(H,40,48)(H,41,47)(H2,42,43,49)/t24?,25?,26?,28-,29?,32+/m0/s1. The third-order valence-electron chi connectivity index (χ3n) is 10.9. The van der Waals surface area contributed by atoms with Gasteiger partial charge in [-0.1, -0.05) is 84.2 Å². The summed E-state index contributed by atoms with van der Waals surface area (Å²) in [4.78, 5) is 80.9. The maximum absolute atomic E-state index is 14.3. The van der Waals surface area contributed by atoms with E-state index in [1.165, 1.54) is 0 Å². The van der Waals surface area contributed by atoms with Crippen LogP contribution in [0.3, 0.4) is 0 Å². The largest absolute Gasteiger partial charge is 0.453 e. The molecule has 3 saturated carbocycles. The highest BCUT2D eigenvalue weighted by molar-refractivity contribution is 6.38. The van der Waals surface area contributed by atoms with E-state index in [1.807, 2.05) is 71.9 Å². The lowest BCUT2D eigenvalue weighted by Crippen LogP contribution is -2.58. The van der Waals surface area contributed by atoms with Crippen LogP contribution >= 0.6 is 0 Å². The molecule has 4 unspecified atom stereocenters. The van der Waals surface area contributed by atoms with Crippen LogP contribution < -0.4 is 21.3 Å². The minimum absolute atomic E-state index is 0.0727. The van der Waals surface area contributed by atoms with Gasteiger partial charge in [-0.3, -0.25) is 24.0 Å². The Morgan fingerprint density at radius 2 is 1.52 bits per heavy atom. The summed E-state index contributed by atoms with van der Waals surface area (Å²) in [5.74, 6) is -4.27. The Balaban J connectivity index is 1.47. The average Bonchev–Trinajstić information content (AvgIpc) is 3.29. The molecule has 0 bridgehead atoms. The summed E-state index contributed by atoms with van der Waals surface area (Å²) in [6.07, 6.45) is 3.59.